The lowest BCUT2D eigenvalue weighted by molar-refractivity contribution is 0.0596. The van der Waals surface area contributed by atoms with E-state index in [9.17, 15) is 9.18 Å². The zero-order valence-electron chi connectivity index (χ0n) is 11.7. The minimum atomic E-state index is -0.528. The van der Waals surface area contributed by atoms with Gasteiger partial charge in [-0.3, -0.25) is 0 Å². The number of ether oxygens (including phenoxy) is 2. The molecule has 1 aromatic carbocycles. The van der Waals surface area contributed by atoms with Crippen LogP contribution in [0.5, 0.6) is 5.88 Å². The lowest BCUT2D eigenvalue weighted by Crippen LogP contribution is -2.08. The second kappa shape index (κ2) is 6.69. The Kier molecular flexibility index (Phi) is 4.71. The van der Waals surface area contributed by atoms with Gasteiger partial charge in [-0.15, -0.1) is 0 Å². The molecule has 0 saturated carbocycles. The molecule has 2 rings (SSSR count). The van der Waals surface area contributed by atoms with E-state index in [0.29, 0.717) is 11.4 Å². The third kappa shape index (κ3) is 3.47. The van der Waals surface area contributed by atoms with Gasteiger partial charge in [-0.25, -0.2) is 9.18 Å². The molecule has 0 unspecified atom stereocenters. The highest BCUT2D eigenvalue weighted by Gasteiger charge is 2.14. The van der Waals surface area contributed by atoms with Gasteiger partial charge in [0.05, 0.1) is 14.2 Å². The first-order chi connectivity index (χ1) is 10.2. The molecule has 0 aliphatic heterocycles. The Morgan fingerprint density at radius 1 is 1.24 bits per heavy atom. The van der Waals surface area contributed by atoms with Crippen LogP contribution in [-0.4, -0.2) is 25.2 Å². The molecule has 1 heterocycles. The number of nitrogens with zero attached hydrogens (tertiary/aromatic N) is 1. The molecule has 6 heteroatoms. The van der Waals surface area contributed by atoms with Crippen LogP contribution in [0.3, 0.4) is 0 Å². The van der Waals surface area contributed by atoms with Crippen molar-refractivity contribution < 1.29 is 18.7 Å². The molecule has 1 N–H and O–H groups in total. The average molecular weight is 290 g/mol. The summed E-state index contributed by atoms with van der Waals surface area (Å²) in [6.07, 6.45) is 0. The quantitative estimate of drug-likeness (QED) is 0.858. The number of halogens is 1. The van der Waals surface area contributed by atoms with Gasteiger partial charge in [0.2, 0.25) is 5.88 Å². The van der Waals surface area contributed by atoms with Gasteiger partial charge in [-0.05, 0) is 18.2 Å². The predicted octanol–water partition coefficient (Wildman–Crippen LogP) is 2.63. The fourth-order valence-electron chi connectivity index (χ4n) is 1.79. The van der Waals surface area contributed by atoms with Gasteiger partial charge in [-0.2, -0.15) is 4.98 Å². The summed E-state index contributed by atoms with van der Waals surface area (Å²) in [6.45, 7) is 0.278. The number of hydrogen-bond acceptors (Lipinski definition) is 5. The monoisotopic (exact) mass is 290 g/mol. The molecule has 2 aromatic rings. The van der Waals surface area contributed by atoms with Crippen molar-refractivity contribution in [2.45, 2.75) is 6.54 Å². The van der Waals surface area contributed by atoms with Crippen LogP contribution in [0.15, 0.2) is 36.4 Å². The van der Waals surface area contributed by atoms with E-state index in [4.69, 9.17) is 4.74 Å². The summed E-state index contributed by atoms with van der Waals surface area (Å²) in [5.74, 6) is -0.189. The number of esters is 1. The number of pyridine rings is 1. The van der Waals surface area contributed by atoms with Crippen LogP contribution < -0.4 is 10.1 Å². The molecule has 1 aromatic heterocycles. The number of rotatable bonds is 5. The maximum atomic E-state index is 13.5. The number of anilines is 1. The Morgan fingerprint density at radius 3 is 2.67 bits per heavy atom. The number of aromatic nitrogens is 1. The number of methoxy groups -OCH3 is 2. The smallest absolute Gasteiger partial charge is 0.343 e. The standard InChI is InChI=1S/C15H15FN2O3/c1-20-14-11(15(19)21-2)7-8-13(18-14)17-9-10-5-3-4-6-12(10)16/h3-8H,9H2,1-2H3,(H,17,18). The second-order valence-corrected chi connectivity index (χ2v) is 4.19. The van der Waals surface area contributed by atoms with E-state index in [-0.39, 0.29) is 23.8 Å². The fraction of sp³-hybridized carbons (Fsp3) is 0.200. The summed E-state index contributed by atoms with van der Waals surface area (Å²) < 4.78 is 23.2. The SMILES string of the molecule is COC(=O)c1ccc(NCc2ccccc2F)nc1OC. The van der Waals surface area contributed by atoms with Gasteiger partial charge in [0.25, 0.3) is 0 Å². The minimum Gasteiger partial charge on any atom is -0.480 e. The Hall–Kier alpha value is -2.63. The maximum absolute atomic E-state index is 13.5. The van der Waals surface area contributed by atoms with Crippen LogP contribution >= 0.6 is 0 Å². The summed E-state index contributed by atoms with van der Waals surface area (Å²) in [5, 5.41) is 2.98. The van der Waals surface area contributed by atoms with E-state index in [1.807, 2.05) is 0 Å². The third-order valence-electron chi connectivity index (χ3n) is 2.88. The van der Waals surface area contributed by atoms with E-state index in [2.05, 4.69) is 15.0 Å². The maximum Gasteiger partial charge on any atom is 0.343 e. The number of carbonyl (C=O) groups excluding carboxylic acids is 1. The topological polar surface area (TPSA) is 60.5 Å². The van der Waals surface area contributed by atoms with Crippen molar-refractivity contribution >= 4 is 11.8 Å². The molecule has 0 amide bonds. The summed E-state index contributed by atoms with van der Waals surface area (Å²) in [7, 11) is 2.70. The van der Waals surface area contributed by atoms with Crippen molar-refractivity contribution in [2.75, 3.05) is 19.5 Å². The number of nitrogens with one attached hydrogen (secondary N) is 1. The van der Waals surface area contributed by atoms with Crippen LogP contribution in [0, 0.1) is 5.82 Å². The highest BCUT2D eigenvalue weighted by atomic mass is 19.1. The Balaban J connectivity index is 2.15. The molecule has 0 saturated heterocycles. The lowest BCUT2D eigenvalue weighted by atomic mass is 10.2. The highest BCUT2D eigenvalue weighted by molar-refractivity contribution is 5.92. The van der Waals surface area contributed by atoms with Gasteiger partial charge >= 0.3 is 5.97 Å². The molecule has 0 spiro atoms. The van der Waals surface area contributed by atoms with E-state index >= 15 is 0 Å². The van der Waals surface area contributed by atoms with Crippen LogP contribution in [0.4, 0.5) is 10.2 Å². The van der Waals surface area contributed by atoms with E-state index in [0.717, 1.165) is 0 Å². The molecule has 0 fully saturated rings. The Labute approximate surface area is 121 Å². The summed E-state index contributed by atoms with van der Waals surface area (Å²) in [4.78, 5) is 15.7. The molecule has 0 aliphatic rings. The van der Waals surface area contributed by atoms with Crippen LogP contribution in [0.1, 0.15) is 15.9 Å². The van der Waals surface area contributed by atoms with Crippen molar-refractivity contribution in [3.8, 4) is 5.88 Å². The van der Waals surface area contributed by atoms with Crippen LogP contribution in [-0.2, 0) is 11.3 Å². The molecule has 5 nitrogen and oxygen atoms in total. The summed E-state index contributed by atoms with van der Waals surface area (Å²) in [6, 6.07) is 9.62. The zero-order chi connectivity index (χ0) is 15.2. The fourth-order valence-corrected chi connectivity index (χ4v) is 1.79. The van der Waals surface area contributed by atoms with Crippen molar-refractivity contribution in [2.24, 2.45) is 0 Å². The van der Waals surface area contributed by atoms with Crippen LogP contribution in [0.25, 0.3) is 0 Å². The average Bonchev–Trinajstić information content (AvgIpc) is 2.53. The lowest BCUT2D eigenvalue weighted by Gasteiger charge is -2.10. The highest BCUT2D eigenvalue weighted by Crippen LogP contribution is 2.20. The largest absolute Gasteiger partial charge is 0.480 e. The number of benzene rings is 1. The predicted molar refractivity (Wildman–Crippen MR) is 75.9 cm³/mol. The van der Waals surface area contributed by atoms with Crippen molar-refractivity contribution in [3.63, 3.8) is 0 Å². The van der Waals surface area contributed by atoms with Gasteiger partial charge in [0.1, 0.15) is 17.2 Å². The minimum absolute atomic E-state index is 0.153. The molecular formula is C15H15FN2O3. The van der Waals surface area contributed by atoms with Gasteiger partial charge in [0.15, 0.2) is 0 Å². The first-order valence-electron chi connectivity index (χ1n) is 6.26. The summed E-state index contributed by atoms with van der Waals surface area (Å²) in [5.41, 5.74) is 0.756. The molecule has 0 bridgehead atoms. The van der Waals surface area contributed by atoms with Crippen LogP contribution in [0.2, 0.25) is 0 Å². The molecular weight excluding hydrogens is 275 g/mol. The Morgan fingerprint density at radius 2 is 2.00 bits per heavy atom. The molecule has 0 radical (unpaired) electrons. The zero-order valence-corrected chi connectivity index (χ0v) is 11.7. The Bertz CT molecular complexity index is 647. The van der Waals surface area contributed by atoms with E-state index in [1.165, 1.54) is 20.3 Å². The van der Waals surface area contributed by atoms with Gasteiger partial charge in [0, 0.05) is 12.1 Å². The molecule has 0 atom stereocenters. The van der Waals surface area contributed by atoms with Crippen molar-refractivity contribution in [3.05, 3.63) is 53.3 Å². The van der Waals surface area contributed by atoms with Gasteiger partial charge in [-0.1, -0.05) is 18.2 Å². The van der Waals surface area contributed by atoms with Gasteiger partial charge < -0.3 is 14.8 Å². The normalized spacial score (nSPS) is 10.0. The molecule has 0 aliphatic carbocycles. The second-order valence-electron chi connectivity index (χ2n) is 4.19. The van der Waals surface area contributed by atoms with E-state index < -0.39 is 5.97 Å². The first kappa shape index (κ1) is 14.8. The third-order valence-corrected chi connectivity index (χ3v) is 2.88. The molecule has 110 valence electrons. The molecule has 21 heavy (non-hydrogen) atoms. The van der Waals surface area contributed by atoms with Crippen molar-refractivity contribution in [1.29, 1.82) is 0 Å². The van der Waals surface area contributed by atoms with Crippen molar-refractivity contribution in [1.82, 2.24) is 4.98 Å². The number of carbonyl (C=O) groups is 1. The first-order valence-corrected chi connectivity index (χ1v) is 6.26. The van der Waals surface area contributed by atoms with E-state index in [1.54, 1.807) is 30.3 Å². The number of hydrogen-bond donors (Lipinski definition) is 1. The summed E-state index contributed by atoms with van der Waals surface area (Å²) >= 11 is 0.